The van der Waals surface area contributed by atoms with E-state index in [1.54, 1.807) is 0 Å². The summed E-state index contributed by atoms with van der Waals surface area (Å²) < 4.78 is 1.81. The van der Waals surface area contributed by atoms with Gasteiger partial charge in [0.1, 0.15) is 0 Å². The maximum absolute atomic E-state index is 12.7. The van der Waals surface area contributed by atoms with Gasteiger partial charge in [0.05, 0.1) is 11.3 Å². The number of aryl methyl sites for hydroxylation is 2. The van der Waals surface area contributed by atoms with Gasteiger partial charge in [0, 0.05) is 25.8 Å². The van der Waals surface area contributed by atoms with E-state index in [9.17, 15) is 4.79 Å². The van der Waals surface area contributed by atoms with Crippen molar-refractivity contribution in [3.05, 3.63) is 17.0 Å². The van der Waals surface area contributed by atoms with Crippen LogP contribution in [-0.2, 0) is 7.05 Å². The molecule has 2 fully saturated rings. The molecule has 1 spiro atoms. The number of nitrogens with zero attached hydrogens (tertiary/aromatic N) is 3. The van der Waals surface area contributed by atoms with Gasteiger partial charge < -0.3 is 4.90 Å². The zero-order valence-electron chi connectivity index (χ0n) is 13.1. The van der Waals surface area contributed by atoms with E-state index in [4.69, 9.17) is 0 Å². The van der Waals surface area contributed by atoms with Crippen LogP contribution in [-0.4, -0.2) is 33.7 Å². The molecule has 20 heavy (non-hydrogen) atoms. The molecule has 1 amide bonds. The van der Waals surface area contributed by atoms with E-state index < -0.39 is 0 Å². The molecule has 4 nitrogen and oxygen atoms in total. The Balaban J connectivity index is 1.71. The number of likely N-dealkylation sites (tertiary alicyclic amines) is 1. The zero-order chi connectivity index (χ0) is 14.5. The van der Waals surface area contributed by atoms with E-state index in [1.807, 2.05) is 30.5 Å². The third-order valence-corrected chi connectivity index (χ3v) is 5.62. The van der Waals surface area contributed by atoms with Gasteiger partial charge in [-0.15, -0.1) is 0 Å². The van der Waals surface area contributed by atoms with E-state index in [0.29, 0.717) is 5.41 Å². The standard InChI is InChI=1S/C16H25N3O/c1-5-13-10-16(13)6-8-19(9-7-16)15(20)14-11(2)17-18(4)12(14)3/h13H,5-10H2,1-4H3. The number of carbonyl (C=O) groups excluding carboxylic acids is 1. The van der Waals surface area contributed by atoms with Crippen LogP contribution in [0.5, 0.6) is 0 Å². The van der Waals surface area contributed by atoms with Crippen LogP contribution < -0.4 is 0 Å². The van der Waals surface area contributed by atoms with E-state index >= 15 is 0 Å². The smallest absolute Gasteiger partial charge is 0.257 e. The summed E-state index contributed by atoms with van der Waals surface area (Å²) in [6.07, 6.45) is 5.07. The molecule has 0 aromatic carbocycles. The van der Waals surface area contributed by atoms with Gasteiger partial charge in [0.15, 0.2) is 0 Å². The second kappa shape index (κ2) is 4.61. The summed E-state index contributed by atoms with van der Waals surface area (Å²) in [6.45, 7) is 8.04. The van der Waals surface area contributed by atoms with Crippen LogP contribution in [0.2, 0.25) is 0 Å². The normalized spacial score (nSPS) is 24.2. The molecule has 1 aliphatic carbocycles. The summed E-state index contributed by atoms with van der Waals surface area (Å²) in [7, 11) is 1.90. The average molecular weight is 275 g/mol. The Morgan fingerprint density at radius 3 is 2.45 bits per heavy atom. The van der Waals surface area contributed by atoms with Crippen LogP contribution in [0.3, 0.4) is 0 Å². The second-order valence-corrected chi connectivity index (χ2v) is 6.63. The summed E-state index contributed by atoms with van der Waals surface area (Å²) in [5.74, 6) is 1.10. The Morgan fingerprint density at radius 2 is 2.00 bits per heavy atom. The molecule has 2 aliphatic rings. The van der Waals surface area contributed by atoms with Crippen molar-refractivity contribution in [2.75, 3.05) is 13.1 Å². The first-order valence-electron chi connectivity index (χ1n) is 7.78. The van der Waals surface area contributed by atoms with Gasteiger partial charge in [0.2, 0.25) is 0 Å². The van der Waals surface area contributed by atoms with Gasteiger partial charge in [-0.05, 0) is 44.4 Å². The molecule has 1 unspecified atom stereocenters. The topological polar surface area (TPSA) is 38.1 Å². The highest BCUT2D eigenvalue weighted by Gasteiger charge is 2.53. The molecule has 1 atom stereocenters. The first-order chi connectivity index (χ1) is 9.48. The van der Waals surface area contributed by atoms with E-state index in [2.05, 4.69) is 12.0 Å². The Bertz CT molecular complexity index is 538. The summed E-state index contributed by atoms with van der Waals surface area (Å²) in [5, 5.41) is 4.36. The maximum atomic E-state index is 12.7. The van der Waals surface area contributed by atoms with Crippen molar-refractivity contribution in [3.8, 4) is 0 Å². The predicted molar refractivity (Wildman–Crippen MR) is 78.7 cm³/mol. The summed E-state index contributed by atoms with van der Waals surface area (Å²) in [6, 6.07) is 0. The van der Waals surface area contributed by atoms with Gasteiger partial charge in [0.25, 0.3) is 5.91 Å². The summed E-state index contributed by atoms with van der Waals surface area (Å²) in [5.41, 5.74) is 3.23. The molecular formula is C16H25N3O. The third-order valence-electron chi connectivity index (χ3n) is 5.62. The van der Waals surface area contributed by atoms with Crippen molar-refractivity contribution in [2.45, 2.75) is 46.5 Å². The lowest BCUT2D eigenvalue weighted by atomic mass is 9.90. The van der Waals surface area contributed by atoms with Crippen LogP contribution in [0.15, 0.2) is 0 Å². The van der Waals surface area contributed by atoms with Crippen LogP contribution >= 0.6 is 0 Å². The fourth-order valence-electron chi connectivity index (χ4n) is 4.02. The molecule has 110 valence electrons. The number of hydrogen-bond donors (Lipinski definition) is 0. The SMILES string of the molecule is CCC1CC12CCN(C(=O)c1c(C)nn(C)c1C)CC2. The van der Waals surface area contributed by atoms with E-state index in [1.165, 1.54) is 25.7 Å². The van der Waals surface area contributed by atoms with Crippen molar-refractivity contribution in [3.63, 3.8) is 0 Å². The van der Waals surface area contributed by atoms with Crippen LogP contribution in [0.25, 0.3) is 0 Å². The molecule has 1 aliphatic heterocycles. The predicted octanol–water partition coefficient (Wildman–Crippen LogP) is 2.69. The first kappa shape index (κ1) is 13.7. The quantitative estimate of drug-likeness (QED) is 0.832. The van der Waals surface area contributed by atoms with Crippen molar-refractivity contribution >= 4 is 5.91 Å². The van der Waals surface area contributed by atoms with Gasteiger partial charge in [-0.2, -0.15) is 5.10 Å². The number of carbonyl (C=O) groups is 1. The minimum absolute atomic E-state index is 0.177. The highest BCUT2D eigenvalue weighted by Crippen LogP contribution is 2.60. The van der Waals surface area contributed by atoms with Crippen molar-refractivity contribution in [2.24, 2.45) is 18.4 Å². The lowest BCUT2D eigenvalue weighted by Gasteiger charge is -2.33. The molecule has 1 saturated carbocycles. The fraction of sp³-hybridized carbons (Fsp3) is 0.750. The number of aromatic nitrogens is 2. The lowest BCUT2D eigenvalue weighted by Crippen LogP contribution is -2.40. The summed E-state index contributed by atoms with van der Waals surface area (Å²) in [4.78, 5) is 14.7. The van der Waals surface area contributed by atoms with Crippen molar-refractivity contribution < 1.29 is 4.79 Å². The minimum atomic E-state index is 0.177. The van der Waals surface area contributed by atoms with Crippen LogP contribution in [0.1, 0.15) is 54.4 Å². The Hall–Kier alpha value is -1.32. The van der Waals surface area contributed by atoms with Gasteiger partial charge in [-0.3, -0.25) is 9.48 Å². The molecule has 2 heterocycles. The Morgan fingerprint density at radius 1 is 1.35 bits per heavy atom. The molecule has 0 radical (unpaired) electrons. The monoisotopic (exact) mass is 275 g/mol. The average Bonchev–Trinajstić information content (AvgIpc) is 3.04. The van der Waals surface area contributed by atoms with Gasteiger partial charge in [-0.1, -0.05) is 13.3 Å². The van der Waals surface area contributed by atoms with Gasteiger partial charge >= 0.3 is 0 Å². The van der Waals surface area contributed by atoms with Crippen molar-refractivity contribution in [1.29, 1.82) is 0 Å². The molecule has 1 saturated heterocycles. The van der Waals surface area contributed by atoms with Crippen LogP contribution in [0, 0.1) is 25.2 Å². The molecule has 0 bridgehead atoms. The lowest BCUT2D eigenvalue weighted by molar-refractivity contribution is 0.0667. The molecule has 3 rings (SSSR count). The molecule has 4 heteroatoms. The van der Waals surface area contributed by atoms with Crippen molar-refractivity contribution in [1.82, 2.24) is 14.7 Å². The molecule has 1 aromatic rings. The zero-order valence-corrected chi connectivity index (χ0v) is 13.1. The highest BCUT2D eigenvalue weighted by atomic mass is 16.2. The molecule has 1 aromatic heterocycles. The Kier molecular flexibility index (Phi) is 3.14. The third kappa shape index (κ3) is 1.97. The Labute approximate surface area is 121 Å². The van der Waals surface area contributed by atoms with E-state index in [0.717, 1.165) is 36.0 Å². The maximum Gasteiger partial charge on any atom is 0.257 e. The first-order valence-corrected chi connectivity index (χ1v) is 7.78. The highest BCUT2D eigenvalue weighted by molar-refractivity contribution is 5.96. The van der Waals surface area contributed by atoms with Gasteiger partial charge in [-0.25, -0.2) is 0 Å². The minimum Gasteiger partial charge on any atom is -0.338 e. The molecular weight excluding hydrogens is 250 g/mol. The fourth-order valence-corrected chi connectivity index (χ4v) is 4.02. The van der Waals surface area contributed by atoms with E-state index in [-0.39, 0.29) is 5.91 Å². The van der Waals surface area contributed by atoms with Crippen LogP contribution in [0.4, 0.5) is 0 Å². The number of piperidine rings is 1. The molecule has 0 N–H and O–H groups in total. The number of amides is 1. The number of hydrogen-bond acceptors (Lipinski definition) is 2. The summed E-state index contributed by atoms with van der Waals surface area (Å²) >= 11 is 0. The largest absolute Gasteiger partial charge is 0.338 e. The number of rotatable bonds is 2. The second-order valence-electron chi connectivity index (χ2n) is 6.63.